The largest absolute Gasteiger partial charge is 0.496 e. The number of nitrogens with one attached hydrogen (secondary N) is 1. The number of ether oxygens (including phenoxy) is 1. The molecule has 0 aliphatic heterocycles. The minimum atomic E-state index is -3.61. The summed E-state index contributed by atoms with van der Waals surface area (Å²) in [6.07, 6.45) is 0. The van der Waals surface area contributed by atoms with Gasteiger partial charge < -0.3 is 4.74 Å². The van der Waals surface area contributed by atoms with Crippen LogP contribution in [0.15, 0.2) is 41.3 Å². The highest BCUT2D eigenvalue weighted by Gasteiger charge is 2.19. The summed E-state index contributed by atoms with van der Waals surface area (Å²) >= 11 is 0. The molecule has 0 aliphatic rings. The molecule has 2 rings (SSSR count). The van der Waals surface area contributed by atoms with E-state index in [1.165, 1.54) is 0 Å². The van der Waals surface area contributed by atoms with Gasteiger partial charge in [-0.3, -0.25) is 4.72 Å². The number of hydrogen-bond donors (Lipinski definition) is 1. The van der Waals surface area contributed by atoms with Gasteiger partial charge in [-0.05, 0) is 61.7 Å². The maximum Gasteiger partial charge on any atom is 0.262 e. The van der Waals surface area contributed by atoms with Gasteiger partial charge in [0.25, 0.3) is 10.0 Å². The van der Waals surface area contributed by atoms with E-state index < -0.39 is 10.0 Å². The maximum atomic E-state index is 12.5. The molecule has 112 valence electrons. The SMILES string of the molecule is COc1ccc(S(=O)(=O)Nc2cccc(C)c2)c(C)c1C. The molecule has 0 bridgehead atoms. The summed E-state index contributed by atoms with van der Waals surface area (Å²) in [6.45, 7) is 5.54. The van der Waals surface area contributed by atoms with Crippen LogP contribution in [-0.2, 0) is 10.0 Å². The van der Waals surface area contributed by atoms with Gasteiger partial charge in [-0.2, -0.15) is 0 Å². The molecule has 0 aliphatic carbocycles. The lowest BCUT2D eigenvalue weighted by atomic mass is 10.1. The number of anilines is 1. The van der Waals surface area contributed by atoms with Crippen LogP contribution in [0.3, 0.4) is 0 Å². The van der Waals surface area contributed by atoms with Gasteiger partial charge in [-0.15, -0.1) is 0 Å². The Labute approximate surface area is 125 Å². The molecule has 0 atom stereocenters. The van der Waals surface area contributed by atoms with Crippen LogP contribution in [0.2, 0.25) is 0 Å². The van der Waals surface area contributed by atoms with Gasteiger partial charge in [0.05, 0.1) is 12.0 Å². The number of rotatable bonds is 4. The average Bonchev–Trinajstić information content (AvgIpc) is 2.41. The highest BCUT2D eigenvalue weighted by molar-refractivity contribution is 7.92. The van der Waals surface area contributed by atoms with Crippen LogP contribution in [-0.4, -0.2) is 15.5 Å². The van der Waals surface area contributed by atoms with Crippen LogP contribution in [0.5, 0.6) is 5.75 Å². The fourth-order valence-electron chi connectivity index (χ4n) is 2.20. The van der Waals surface area contributed by atoms with Gasteiger partial charge in [-0.1, -0.05) is 12.1 Å². The molecule has 0 unspecified atom stereocenters. The fourth-order valence-corrected chi connectivity index (χ4v) is 3.55. The molecule has 4 nitrogen and oxygen atoms in total. The Bertz CT molecular complexity index is 767. The van der Waals surface area contributed by atoms with Crippen molar-refractivity contribution in [2.75, 3.05) is 11.8 Å². The van der Waals surface area contributed by atoms with Crippen molar-refractivity contribution in [3.05, 3.63) is 53.1 Å². The van der Waals surface area contributed by atoms with Crippen molar-refractivity contribution in [2.45, 2.75) is 25.7 Å². The summed E-state index contributed by atoms with van der Waals surface area (Å²) in [5, 5.41) is 0. The molecular weight excluding hydrogens is 286 g/mol. The highest BCUT2D eigenvalue weighted by atomic mass is 32.2. The highest BCUT2D eigenvalue weighted by Crippen LogP contribution is 2.28. The third-order valence-corrected chi connectivity index (χ3v) is 4.99. The number of benzene rings is 2. The summed E-state index contributed by atoms with van der Waals surface area (Å²) in [4.78, 5) is 0.266. The molecule has 0 heterocycles. The van der Waals surface area contributed by atoms with E-state index in [0.717, 1.165) is 11.1 Å². The van der Waals surface area contributed by atoms with Gasteiger partial charge in [0.2, 0.25) is 0 Å². The summed E-state index contributed by atoms with van der Waals surface area (Å²) in [6, 6.07) is 10.5. The number of aryl methyl sites for hydroxylation is 1. The molecule has 0 aromatic heterocycles. The lowest BCUT2D eigenvalue weighted by Gasteiger charge is -2.14. The molecule has 5 heteroatoms. The van der Waals surface area contributed by atoms with Crippen LogP contribution in [0, 0.1) is 20.8 Å². The minimum absolute atomic E-state index is 0.266. The van der Waals surface area contributed by atoms with Crippen LogP contribution in [0.25, 0.3) is 0 Å². The Balaban J connectivity index is 2.43. The molecule has 0 amide bonds. The first-order valence-electron chi connectivity index (χ1n) is 6.59. The molecule has 0 radical (unpaired) electrons. The van der Waals surface area contributed by atoms with E-state index in [1.54, 1.807) is 38.3 Å². The first-order chi connectivity index (χ1) is 9.85. The van der Waals surface area contributed by atoms with Crippen molar-refractivity contribution in [1.82, 2.24) is 0 Å². The third-order valence-electron chi connectivity index (χ3n) is 3.47. The van der Waals surface area contributed by atoms with E-state index >= 15 is 0 Å². The van der Waals surface area contributed by atoms with Crippen molar-refractivity contribution < 1.29 is 13.2 Å². The molecule has 2 aromatic carbocycles. The smallest absolute Gasteiger partial charge is 0.262 e. The Hall–Kier alpha value is -2.01. The molecule has 1 N–H and O–H groups in total. The van der Waals surface area contributed by atoms with Gasteiger partial charge in [-0.25, -0.2) is 8.42 Å². The third kappa shape index (κ3) is 3.19. The monoisotopic (exact) mass is 305 g/mol. The second-order valence-electron chi connectivity index (χ2n) is 4.99. The van der Waals surface area contributed by atoms with Crippen LogP contribution in [0.1, 0.15) is 16.7 Å². The predicted molar refractivity (Wildman–Crippen MR) is 84.5 cm³/mol. The van der Waals surface area contributed by atoms with Gasteiger partial charge in [0.1, 0.15) is 5.75 Å². The quantitative estimate of drug-likeness (QED) is 0.941. The number of hydrogen-bond acceptors (Lipinski definition) is 3. The second-order valence-corrected chi connectivity index (χ2v) is 6.64. The van der Waals surface area contributed by atoms with Crippen molar-refractivity contribution >= 4 is 15.7 Å². The fraction of sp³-hybridized carbons (Fsp3) is 0.250. The molecule has 2 aromatic rings. The summed E-state index contributed by atoms with van der Waals surface area (Å²) < 4.78 is 32.9. The first kappa shape index (κ1) is 15.4. The Morgan fingerprint density at radius 3 is 2.33 bits per heavy atom. The molecule has 0 spiro atoms. The molecule has 21 heavy (non-hydrogen) atoms. The lowest BCUT2D eigenvalue weighted by molar-refractivity contribution is 0.411. The van der Waals surface area contributed by atoms with E-state index in [2.05, 4.69) is 4.72 Å². The van der Waals surface area contributed by atoms with E-state index in [-0.39, 0.29) is 4.90 Å². The zero-order valence-corrected chi connectivity index (χ0v) is 13.4. The van der Waals surface area contributed by atoms with Crippen molar-refractivity contribution in [3.63, 3.8) is 0 Å². The summed E-state index contributed by atoms with van der Waals surface area (Å²) in [7, 11) is -2.04. The second kappa shape index (κ2) is 5.77. The Morgan fingerprint density at radius 1 is 1.00 bits per heavy atom. The molecule has 0 fully saturated rings. The zero-order chi connectivity index (χ0) is 15.6. The van der Waals surface area contributed by atoms with Crippen molar-refractivity contribution in [2.24, 2.45) is 0 Å². The Morgan fingerprint density at radius 2 is 1.71 bits per heavy atom. The predicted octanol–water partition coefficient (Wildman–Crippen LogP) is 3.42. The average molecular weight is 305 g/mol. The molecule has 0 saturated heterocycles. The minimum Gasteiger partial charge on any atom is -0.496 e. The molecule has 0 saturated carbocycles. The lowest BCUT2D eigenvalue weighted by Crippen LogP contribution is -2.15. The standard InChI is InChI=1S/C16H19NO3S/c1-11-6-5-7-14(10-11)17-21(18,19)16-9-8-15(20-4)12(2)13(16)3/h5-10,17H,1-4H3. The zero-order valence-electron chi connectivity index (χ0n) is 12.6. The van der Waals surface area contributed by atoms with Crippen LogP contribution in [0.4, 0.5) is 5.69 Å². The van der Waals surface area contributed by atoms with E-state index in [0.29, 0.717) is 17.0 Å². The van der Waals surface area contributed by atoms with Gasteiger partial charge in [0.15, 0.2) is 0 Å². The van der Waals surface area contributed by atoms with Crippen molar-refractivity contribution in [1.29, 1.82) is 0 Å². The van der Waals surface area contributed by atoms with E-state index in [1.807, 2.05) is 26.0 Å². The summed E-state index contributed by atoms with van der Waals surface area (Å²) in [5.41, 5.74) is 3.07. The Kier molecular flexibility index (Phi) is 4.23. The molecular formula is C16H19NO3S. The van der Waals surface area contributed by atoms with Crippen LogP contribution < -0.4 is 9.46 Å². The van der Waals surface area contributed by atoms with E-state index in [4.69, 9.17) is 4.74 Å². The normalized spacial score (nSPS) is 11.2. The van der Waals surface area contributed by atoms with Gasteiger partial charge >= 0.3 is 0 Å². The van der Waals surface area contributed by atoms with Crippen LogP contribution >= 0.6 is 0 Å². The topological polar surface area (TPSA) is 55.4 Å². The first-order valence-corrected chi connectivity index (χ1v) is 8.07. The van der Waals surface area contributed by atoms with Crippen molar-refractivity contribution in [3.8, 4) is 5.75 Å². The number of sulfonamides is 1. The maximum absolute atomic E-state index is 12.5. The van der Waals surface area contributed by atoms with E-state index in [9.17, 15) is 8.42 Å². The number of methoxy groups -OCH3 is 1. The van der Waals surface area contributed by atoms with Gasteiger partial charge in [0, 0.05) is 5.69 Å². The summed E-state index contributed by atoms with van der Waals surface area (Å²) in [5.74, 6) is 0.682.